The SMILES string of the molecule is Cc1ccc([N+](=O)[O-])cc1N1C(=O)[C@@H]2[C@@H](C1=O)[C@@H](C(=O)OC(c1ccccc1)c1ccccc1)N1c3ccccc3C=C[C@H]21. The lowest BCUT2D eigenvalue weighted by Crippen LogP contribution is -2.49. The van der Waals surface area contributed by atoms with Gasteiger partial charge in [-0.1, -0.05) is 97.1 Å². The van der Waals surface area contributed by atoms with Gasteiger partial charge in [-0.25, -0.2) is 9.69 Å². The maximum absolute atomic E-state index is 14.5. The van der Waals surface area contributed by atoms with Gasteiger partial charge >= 0.3 is 5.97 Å². The number of carbonyl (C=O) groups excluding carboxylic acids is 3. The van der Waals surface area contributed by atoms with Crippen LogP contribution in [0.2, 0.25) is 0 Å². The van der Waals surface area contributed by atoms with E-state index in [4.69, 9.17) is 4.74 Å². The van der Waals surface area contributed by atoms with Crippen LogP contribution < -0.4 is 9.80 Å². The summed E-state index contributed by atoms with van der Waals surface area (Å²) in [4.78, 5) is 56.8. The van der Waals surface area contributed by atoms with Crippen LogP contribution in [-0.4, -0.2) is 34.8 Å². The lowest BCUT2D eigenvalue weighted by Gasteiger charge is -2.36. The van der Waals surface area contributed by atoms with Gasteiger partial charge in [0.05, 0.1) is 28.5 Å². The number of non-ortho nitro benzene ring substituents is 1. The Kier molecular flexibility index (Phi) is 6.58. The lowest BCUT2D eigenvalue weighted by atomic mass is 9.88. The molecule has 9 heteroatoms. The topological polar surface area (TPSA) is 110 Å². The van der Waals surface area contributed by atoms with Crippen molar-refractivity contribution < 1.29 is 24.0 Å². The summed E-state index contributed by atoms with van der Waals surface area (Å²) in [5, 5.41) is 11.6. The smallest absolute Gasteiger partial charge is 0.330 e. The summed E-state index contributed by atoms with van der Waals surface area (Å²) in [5.41, 5.74) is 3.56. The molecular formula is C35H27N3O6. The summed E-state index contributed by atoms with van der Waals surface area (Å²) in [6.07, 6.45) is 3.01. The van der Waals surface area contributed by atoms with E-state index < -0.39 is 52.7 Å². The lowest BCUT2D eigenvalue weighted by molar-refractivity contribution is -0.384. The van der Waals surface area contributed by atoms with Crippen LogP contribution in [0.3, 0.4) is 0 Å². The average molecular weight is 586 g/mol. The molecule has 4 aromatic rings. The van der Waals surface area contributed by atoms with Gasteiger partial charge < -0.3 is 9.64 Å². The van der Waals surface area contributed by atoms with E-state index in [1.807, 2.05) is 102 Å². The van der Waals surface area contributed by atoms with Crippen LogP contribution in [0.25, 0.3) is 6.08 Å². The molecule has 0 aromatic heterocycles. The van der Waals surface area contributed by atoms with Crippen molar-refractivity contribution in [2.24, 2.45) is 11.8 Å². The minimum atomic E-state index is -1.12. The number of fused-ring (bicyclic) bond motifs is 5. The number of benzene rings is 4. The second-order valence-electron chi connectivity index (χ2n) is 11.2. The Hall–Kier alpha value is -5.57. The molecule has 7 rings (SSSR count). The van der Waals surface area contributed by atoms with Crippen LogP contribution in [-0.2, 0) is 19.1 Å². The predicted octanol–water partition coefficient (Wildman–Crippen LogP) is 5.63. The van der Waals surface area contributed by atoms with Gasteiger partial charge in [-0.05, 0) is 35.2 Å². The Morgan fingerprint density at radius 1 is 0.818 bits per heavy atom. The average Bonchev–Trinajstić information content (AvgIpc) is 3.53. The summed E-state index contributed by atoms with van der Waals surface area (Å²) in [6, 6.07) is 28.6. The molecule has 3 aliphatic heterocycles. The van der Waals surface area contributed by atoms with Crippen LogP contribution >= 0.6 is 0 Å². The molecule has 218 valence electrons. The van der Waals surface area contributed by atoms with Crippen LogP contribution in [0.4, 0.5) is 17.1 Å². The molecule has 2 saturated heterocycles. The number of imide groups is 1. The van der Waals surface area contributed by atoms with Crippen molar-refractivity contribution in [3.05, 3.63) is 142 Å². The molecule has 0 N–H and O–H groups in total. The third-order valence-corrected chi connectivity index (χ3v) is 8.74. The number of aryl methyl sites for hydroxylation is 1. The van der Waals surface area contributed by atoms with Crippen molar-refractivity contribution in [2.75, 3.05) is 9.80 Å². The summed E-state index contributed by atoms with van der Waals surface area (Å²) in [7, 11) is 0. The number of amides is 2. The first-order valence-corrected chi connectivity index (χ1v) is 14.3. The summed E-state index contributed by atoms with van der Waals surface area (Å²) in [5.74, 6) is -3.68. The highest BCUT2D eigenvalue weighted by Crippen LogP contribution is 2.50. The van der Waals surface area contributed by atoms with E-state index in [-0.39, 0.29) is 11.4 Å². The molecule has 9 nitrogen and oxygen atoms in total. The number of carbonyl (C=O) groups is 3. The number of anilines is 2. The number of ether oxygens (including phenoxy) is 1. The fraction of sp³-hybridized carbons (Fsp3) is 0.171. The number of nitro benzene ring substituents is 1. The quantitative estimate of drug-likeness (QED) is 0.125. The zero-order chi connectivity index (χ0) is 30.5. The number of esters is 1. The summed E-state index contributed by atoms with van der Waals surface area (Å²) < 4.78 is 6.30. The van der Waals surface area contributed by atoms with Crippen LogP contribution in [0.15, 0.2) is 109 Å². The molecule has 0 saturated carbocycles. The molecule has 0 aliphatic carbocycles. The number of nitro groups is 1. The van der Waals surface area contributed by atoms with E-state index in [0.29, 0.717) is 5.56 Å². The normalized spacial score (nSPS) is 21.7. The minimum Gasteiger partial charge on any atom is -0.451 e. The first-order chi connectivity index (χ1) is 21.3. The second kappa shape index (κ2) is 10.6. The van der Waals surface area contributed by atoms with Crippen LogP contribution in [0.5, 0.6) is 0 Å². The van der Waals surface area contributed by atoms with Gasteiger partial charge in [0.25, 0.3) is 5.69 Å². The fourth-order valence-electron chi connectivity index (χ4n) is 6.74. The maximum atomic E-state index is 14.5. The van der Waals surface area contributed by atoms with Crippen molar-refractivity contribution in [1.29, 1.82) is 0 Å². The van der Waals surface area contributed by atoms with Crippen molar-refractivity contribution in [3.8, 4) is 0 Å². The molecular weight excluding hydrogens is 558 g/mol. The van der Waals surface area contributed by atoms with Crippen LogP contribution in [0.1, 0.15) is 28.4 Å². The highest BCUT2D eigenvalue weighted by molar-refractivity contribution is 6.25. The van der Waals surface area contributed by atoms with Gasteiger partial charge in [0.1, 0.15) is 6.04 Å². The van der Waals surface area contributed by atoms with Gasteiger partial charge in [-0.3, -0.25) is 19.7 Å². The second-order valence-corrected chi connectivity index (χ2v) is 11.2. The van der Waals surface area contributed by atoms with E-state index in [1.54, 1.807) is 6.92 Å². The van der Waals surface area contributed by atoms with Crippen LogP contribution in [0, 0.1) is 28.9 Å². The zero-order valence-corrected chi connectivity index (χ0v) is 23.6. The molecule has 3 aliphatic rings. The van der Waals surface area contributed by atoms with Crippen molar-refractivity contribution in [1.82, 2.24) is 0 Å². The molecule has 3 heterocycles. The highest BCUT2D eigenvalue weighted by atomic mass is 16.6. The molecule has 0 radical (unpaired) electrons. The number of para-hydroxylation sites is 1. The molecule has 2 amide bonds. The van der Waals surface area contributed by atoms with Gasteiger partial charge in [0.2, 0.25) is 11.8 Å². The zero-order valence-electron chi connectivity index (χ0n) is 23.6. The van der Waals surface area contributed by atoms with Gasteiger partial charge in [0.15, 0.2) is 6.10 Å². The van der Waals surface area contributed by atoms with E-state index in [0.717, 1.165) is 27.3 Å². The van der Waals surface area contributed by atoms with Gasteiger partial charge in [-0.2, -0.15) is 0 Å². The predicted molar refractivity (Wildman–Crippen MR) is 164 cm³/mol. The molecule has 0 unspecified atom stereocenters. The largest absolute Gasteiger partial charge is 0.451 e. The molecule has 0 spiro atoms. The Morgan fingerprint density at radius 3 is 2.09 bits per heavy atom. The van der Waals surface area contributed by atoms with Crippen molar-refractivity contribution in [2.45, 2.75) is 25.1 Å². The Labute approximate surface area is 253 Å². The Morgan fingerprint density at radius 2 is 1.43 bits per heavy atom. The third kappa shape index (κ3) is 4.27. The Bertz CT molecular complexity index is 1800. The molecule has 4 aromatic carbocycles. The molecule has 44 heavy (non-hydrogen) atoms. The fourth-order valence-corrected chi connectivity index (χ4v) is 6.74. The van der Waals surface area contributed by atoms with E-state index in [2.05, 4.69) is 0 Å². The third-order valence-electron chi connectivity index (χ3n) is 8.74. The first-order valence-electron chi connectivity index (χ1n) is 14.3. The maximum Gasteiger partial charge on any atom is 0.330 e. The number of rotatable bonds is 6. The van der Waals surface area contributed by atoms with E-state index >= 15 is 0 Å². The monoisotopic (exact) mass is 585 g/mol. The molecule has 0 bridgehead atoms. The summed E-state index contributed by atoms with van der Waals surface area (Å²) in [6.45, 7) is 1.69. The summed E-state index contributed by atoms with van der Waals surface area (Å²) >= 11 is 0. The first kappa shape index (κ1) is 27.3. The van der Waals surface area contributed by atoms with E-state index in [9.17, 15) is 24.5 Å². The van der Waals surface area contributed by atoms with Gasteiger partial charge in [-0.15, -0.1) is 0 Å². The standard InChI is InChI=1S/C35H27N3O6/c1-21-16-18-25(38(42)43)20-28(21)37-33(39)29-27-19-17-22-10-8-9-15-26(22)36(27)31(30(29)34(37)40)35(41)44-32(23-11-4-2-5-12-23)24-13-6-3-7-14-24/h2-20,27,29-32H,1H3/t27-,29+,30-,31+/m1/s1. The molecule has 2 fully saturated rings. The molecule has 4 atom stereocenters. The number of nitrogens with zero attached hydrogens (tertiary/aromatic N) is 3. The minimum absolute atomic E-state index is 0.147. The number of hydrogen-bond acceptors (Lipinski definition) is 7. The van der Waals surface area contributed by atoms with Crippen molar-refractivity contribution >= 4 is 40.9 Å². The Balaban J connectivity index is 1.33. The van der Waals surface area contributed by atoms with Gasteiger partial charge in [0, 0.05) is 17.8 Å². The van der Waals surface area contributed by atoms with E-state index in [1.165, 1.54) is 18.2 Å². The highest BCUT2D eigenvalue weighted by Gasteiger charge is 2.65. The van der Waals surface area contributed by atoms with Crippen molar-refractivity contribution in [3.63, 3.8) is 0 Å². The number of hydrogen-bond donors (Lipinski definition) is 0.